The molecule has 2 aromatic carbocycles. The molecule has 0 aliphatic carbocycles. The summed E-state index contributed by atoms with van der Waals surface area (Å²) in [7, 11) is -2.59. The summed E-state index contributed by atoms with van der Waals surface area (Å²) in [6, 6.07) is 21.5. The lowest BCUT2D eigenvalue weighted by atomic mass is 9.94. The zero-order valence-corrected chi connectivity index (χ0v) is 19.3. The summed E-state index contributed by atoms with van der Waals surface area (Å²) in [5.41, 5.74) is -0.667. The fourth-order valence-corrected chi connectivity index (χ4v) is 10.4. The van der Waals surface area contributed by atoms with Crippen molar-refractivity contribution in [3.63, 3.8) is 0 Å². The number of nitrogens with zero attached hydrogens (tertiary/aromatic N) is 1. The molecule has 0 bridgehead atoms. The lowest BCUT2D eigenvalue weighted by Crippen LogP contribution is -2.67. The Morgan fingerprint density at radius 1 is 1.07 bits per heavy atom. The monoisotopic (exact) mass is 423 g/mol. The lowest BCUT2D eigenvalue weighted by Gasteiger charge is -2.44. The Morgan fingerprint density at radius 2 is 1.63 bits per heavy atom. The molecular weight excluding hydrogens is 390 g/mol. The molecule has 4 nitrogen and oxygen atoms in total. The van der Waals surface area contributed by atoms with E-state index < -0.39 is 19.8 Å². The minimum Gasteiger partial charge on any atom is -0.480 e. The van der Waals surface area contributed by atoms with Crippen molar-refractivity contribution < 1.29 is 14.3 Å². The first-order valence-corrected chi connectivity index (χ1v) is 13.0. The summed E-state index contributed by atoms with van der Waals surface area (Å²) in [5, 5.41) is 12.4. The summed E-state index contributed by atoms with van der Waals surface area (Å²) in [5.74, 6) is -0.659. The van der Waals surface area contributed by atoms with E-state index >= 15 is 0 Å². The van der Waals surface area contributed by atoms with Crippen molar-refractivity contribution in [3.8, 4) is 0 Å². The second-order valence-electron chi connectivity index (χ2n) is 9.80. The molecule has 0 aromatic heterocycles. The predicted molar refractivity (Wildman–Crippen MR) is 123 cm³/mol. The van der Waals surface area contributed by atoms with Gasteiger partial charge < -0.3 is 9.53 Å². The molecule has 0 radical (unpaired) electrons. The zero-order chi connectivity index (χ0) is 21.4. The van der Waals surface area contributed by atoms with Gasteiger partial charge in [-0.05, 0) is 47.6 Å². The number of hydrogen-bond acceptors (Lipinski definition) is 3. The SMILES string of the molecule is CC(C)(C)[Si](OC[C@H]1CC[C@@]2(C(=O)O)CCCN12)(c1ccccc1)c1ccccc1. The van der Waals surface area contributed by atoms with E-state index in [1.165, 1.54) is 10.4 Å². The molecule has 0 unspecified atom stereocenters. The van der Waals surface area contributed by atoms with E-state index in [-0.39, 0.29) is 11.1 Å². The van der Waals surface area contributed by atoms with Crippen LogP contribution in [0.2, 0.25) is 5.04 Å². The van der Waals surface area contributed by atoms with Crippen LogP contribution in [0.15, 0.2) is 60.7 Å². The van der Waals surface area contributed by atoms with Gasteiger partial charge in [0.25, 0.3) is 8.32 Å². The molecule has 160 valence electrons. The van der Waals surface area contributed by atoms with E-state index in [0.29, 0.717) is 6.61 Å². The van der Waals surface area contributed by atoms with Gasteiger partial charge in [0.15, 0.2) is 0 Å². The van der Waals surface area contributed by atoms with E-state index in [1.807, 2.05) is 0 Å². The standard InChI is InChI=1S/C25H33NO3Si/c1-24(2,3)30(21-11-6-4-7-12-21,22-13-8-5-9-14-22)29-19-20-15-17-25(23(27)28)16-10-18-26(20)25/h4-9,11-14,20H,10,15-19H2,1-3H3,(H,27,28)/t20-,25-/m1/s1. The molecule has 2 aliphatic rings. The first-order valence-electron chi connectivity index (χ1n) is 11.1. The van der Waals surface area contributed by atoms with Gasteiger partial charge >= 0.3 is 5.97 Å². The Morgan fingerprint density at radius 3 is 2.13 bits per heavy atom. The summed E-state index contributed by atoms with van der Waals surface area (Å²) < 4.78 is 7.09. The van der Waals surface area contributed by atoms with Crippen LogP contribution in [-0.4, -0.2) is 49.0 Å². The van der Waals surface area contributed by atoms with Gasteiger partial charge in [-0.15, -0.1) is 0 Å². The smallest absolute Gasteiger partial charge is 0.324 e. The van der Waals surface area contributed by atoms with Gasteiger partial charge in [0, 0.05) is 6.04 Å². The third-order valence-electron chi connectivity index (χ3n) is 7.18. The van der Waals surface area contributed by atoms with E-state index in [4.69, 9.17) is 4.43 Å². The van der Waals surface area contributed by atoms with Gasteiger partial charge in [0.05, 0.1) is 6.61 Å². The molecule has 0 spiro atoms. The molecule has 2 aliphatic heterocycles. The van der Waals surface area contributed by atoms with Crippen molar-refractivity contribution in [1.29, 1.82) is 0 Å². The molecule has 30 heavy (non-hydrogen) atoms. The van der Waals surface area contributed by atoms with Gasteiger partial charge in [-0.1, -0.05) is 81.4 Å². The molecule has 1 N–H and O–H groups in total. The van der Waals surface area contributed by atoms with Crippen LogP contribution in [0.3, 0.4) is 0 Å². The molecule has 5 heteroatoms. The second-order valence-corrected chi connectivity index (χ2v) is 14.1. The van der Waals surface area contributed by atoms with E-state index in [0.717, 1.165) is 32.2 Å². The number of aliphatic carboxylic acids is 1. The summed E-state index contributed by atoms with van der Waals surface area (Å²) >= 11 is 0. The van der Waals surface area contributed by atoms with E-state index in [9.17, 15) is 9.90 Å². The number of rotatable bonds is 6. The first kappa shape index (κ1) is 21.3. The lowest BCUT2D eigenvalue weighted by molar-refractivity contribution is -0.148. The zero-order valence-electron chi connectivity index (χ0n) is 18.3. The van der Waals surface area contributed by atoms with Gasteiger partial charge in [-0.3, -0.25) is 9.69 Å². The maximum Gasteiger partial charge on any atom is 0.324 e. The van der Waals surface area contributed by atoms with Crippen LogP contribution in [0, 0.1) is 0 Å². The van der Waals surface area contributed by atoms with Crippen LogP contribution in [0.5, 0.6) is 0 Å². The van der Waals surface area contributed by atoms with Crippen molar-refractivity contribution in [1.82, 2.24) is 4.90 Å². The summed E-state index contributed by atoms with van der Waals surface area (Å²) in [4.78, 5) is 14.3. The molecular formula is C25H33NO3Si. The quantitative estimate of drug-likeness (QED) is 0.721. The topological polar surface area (TPSA) is 49.8 Å². The summed E-state index contributed by atoms with van der Waals surface area (Å²) in [6.45, 7) is 8.30. The Hall–Kier alpha value is -1.95. The molecule has 2 saturated heterocycles. The van der Waals surface area contributed by atoms with E-state index in [1.54, 1.807) is 0 Å². The molecule has 2 heterocycles. The number of carboxylic acids is 1. The molecule has 2 atom stereocenters. The second kappa shape index (κ2) is 7.95. The van der Waals surface area contributed by atoms with Crippen LogP contribution < -0.4 is 10.4 Å². The van der Waals surface area contributed by atoms with E-state index in [2.05, 4.69) is 86.3 Å². The largest absolute Gasteiger partial charge is 0.480 e. The van der Waals surface area contributed by atoms with Gasteiger partial charge in [-0.25, -0.2) is 0 Å². The average Bonchev–Trinajstić information content (AvgIpc) is 3.30. The molecule has 0 amide bonds. The van der Waals surface area contributed by atoms with Crippen molar-refractivity contribution >= 4 is 24.7 Å². The van der Waals surface area contributed by atoms with Crippen molar-refractivity contribution in [2.24, 2.45) is 0 Å². The molecule has 2 fully saturated rings. The number of fused-ring (bicyclic) bond motifs is 1. The average molecular weight is 424 g/mol. The molecule has 4 rings (SSSR count). The highest BCUT2D eigenvalue weighted by Crippen LogP contribution is 2.44. The van der Waals surface area contributed by atoms with Crippen LogP contribution in [0.4, 0.5) is 0 Å². The minimum atomic E-state index is -2.59. The van der Waals surface area contributed by atoms with Crippen LogP contribution in [0.1, 0.15) is 46.5 Å². The molecule has 0 saturated carbocycles. The fraction of sp³-hybridized carbons (Fsp3) is 0.480. The van der Waals surface area contributed by atoms with Crippen LogP contribution in [0.25, 0.3) is 0 Å². The van der Waals surface area contributed by atoms with Gasteiger partial charge in [0.2, 0.25) is 0 Å². The number of hydrogen-bond donors (Lipinski definition) is 1. The Bertz CT molecular complexity index is 841. The number of benzene rings is 2. The third kappa shape index (κ3) is 3.33. The first-order chi connectivity index (χ1) is 14.3. The minimum absolute atomic E-state index is 0.0663. The Kier molecular flexibility index (Phi) is 5.64. The maximum absolute atomic E-state index is 12.1. The summed E-state index contributed by atoms with van der Waals surface area (Å²) in [6.07, 6.45) is 3.35. The van der Waals surface area contributed by atoms with Crippen LogP contribution in [-0.2, 0) is 9.22 Å². The highest BCUT2D eigenvalue weighted by molar-refractivity contribution is 6.99. The fourth-order valence-electron chi connectivity index (χ4n) is 5.75. The highest BCUT2D eigenvalue weighted by Gasteiger charge is 2.56. The van der Waals surface area contributed by atoms with Crippen molar-refractivity contribution in [2.75, 3.05) is 13.2 Å². The van der Waals surface area contributed by atoms with Gasteiger partial charge in [-0.2, -0.15) is 0 Å². The Labute approximate surface area is 181 Å². The maximum atomic E-state index is 12.1. The van der Waals surface area contributed by atoms with Crippen molar-refractivity contribution in [3.05, 3.63) is 60.7 Å². The molecule has 2 aromatic rings. The number of carboxylic acid groups (broad SMARTS) is 1. The predicted octanol–water partition coefficient (Wildman–Crippen LogP) is 3.64. The van der Waals surface area contributed by atoms with Gasteiger partial charge in [0.1, 0.15) is 5.54 Å². The normalized spacial score (nSPS) is 24.7. The third-order valence-corrected chi connectivity index (χ3v) is 12.2. The Balaban J connectivity index is 1.71. The highest BCUT2D eigenvalue weighted by atomic mass is 28.4. The number of carbonyl (C=O) groups is 1. The van der Waals surface area contributed by atoms with Crippen molar-refractivity contribution in [2.45, 2.75) is 63.1 Å². The van der Waals surface area contributed by atoms with Crippen LogP contribution >= 0.6 is 0 Å².